The molecule has 7 nitrogen and oxygen atoms in total. The first-order valence-electron chi connectivity index (χ1n) is 10.3. The number of carbonyl (C=O) groups is 1. The number of nitrogens with zero attached hydrogens (tertiary/aromatic N) is 4. The summed E-state index contributed by atoms with van der Waals surface area (Å²) in [5.74, 6) is 1.15. The van der Waals surface area contributed by atoms with Gasteiger partial charge in [0.15, 0.2) is 10.8 Å². The summed E-state index contributed by atoms with van der Waals surface area (Å²) in [6.45, 7) is 6.72. The van der Waals surface area contributed by atoms with E-state index in [1.165, 1.54) is 0 Å². The predicted molar refractivity (Wildman–Crippen MR) is 119 cm³/mol. The molecule has 0 atom stereocenters. The third-order valence-electron chi connectivity index (χ3n) is 4.42. The molecule has 0 spiro atoms. The van der Waals surface area contributed by atoms with E-state index in [2.05, 4.69) is 32.6 Å². The van der Waals surface area contributed by atoms with Gasteiger partial charge in [-0.15, -0.1) is 0 Å². The van der Waals surface area contributed by atoms with Crippen LogP contribution in [0.2, 0.25) is 0 Å². The molecule has 1 amide bonds. The van der Waals surface area contributed by atoms with E-state index in [0.29, 0.717) is 23.2 Å². The van der Waals surface area contributed by atoms with Crippen LogP contribution in [0.3, 0.4) is 0 Å². The Morgan fingerprint density at radius 2 is 1.91 bits per heavy atom. The van der Waals surface area contributed by atoms with Crippen molar-refractivity contribution < 1.29 is 18.0 Å². The van der Waals surface area contributed by atoms with Gasteiger partial charge >= 0.3 is 6.18 Å². The number of amides is 1. The maximum Gasteiger partial charge on any atom is 0.416 e. The number of nitrogens with one attached hydrogen (secondary N) is 2. The topological polar surface area (TPSA) is 84.7 Å². The van der Waals surface area contributed by atoms with Gasteiger partial charge in [-0.05, 0) is 44.5 Å². The fourth-order valence-corrected chi connectivity index (χ4v) is 3.62. The Balaban J connectivity index is 1.71. The zero-order valence-electron chi connectivity index (χ0n) is 18.0. The lowest BCUT2D eigenvalue weighted by Crippen LogP contribution is -2.27. The third kappa shape index (κ3) is 5.90. The molecule has 11 heteroatoms. The summed E-state index contributed by atoms with van der Waals surface area (Å²) in [6, 6.07) is 4.30. The molecule has 3 aromatic rings. The minimum atomic E-state index is -4.43. The van der Waals surface area contributed by atoms with Crippen LogP contribution < -0.4 is 10.6 Å². The van der Waals surface area contributed by atoms with Gasteiger partial charge in [-0.2, -0.15) is 18.3 Å². The van der Waals surface area contributed by atoms with Gasteiger partial charge in [-0.3, -0.25) is 4.79 Å². The Kier molecular flexibility index (Phi) is 7.60. The Hall–Kier alpha value is -2.82. The van der Waals surface area contributed by atoms with Crippen molar-refractivity contribution in [1.82, 2.24) is 25.1 Å². The number of fused-ring (bicyclic) bond motifs is 1. The molecule has 0 aliphatic carbocycles. The molecule has 0 aliphatic heterocycles. The van der Waals surface area contributed by atoms with Crippen molar-refractivity contribution >= 4 is 34.5 Å². The zero-order valence-corrected chi connectivity index (χ0v) is 18.8. The van der Waals surface area contributed by atoms with Crippen LogP contribution in [0.5, 0.6) is 0 Å². The quantitative estimate of drug-likeness (QED) is 0.354. The van der Waals surface area contributed by atoms with E-state index in [0.717, 1.165) is 41.8 Å². The Bertz CT molecular complexity index is 1070. The van der Waals surface area contributed by atoms with Crippen LogP contribution in [0.4, 0.5) is 19.0 Å². The lowest BCUT2D eigenvalue weighted by molar-refractivity contribution is -0.137. The summed E-state index contributed by atoms with van der Waals surface area (Å²) >= 11 is 1.56. The van der Waals surface area contributed by atoms with E-state index in [4.69, 9.17) is 0 Å². The van der Waals surface area contributed by atoms with Gasteiger partial charge in [-0.1, -0.05) is 18.7 Å². The lowest BCUT2D eigenvalue weighted by atomic mass is 10.1. The maximum atomic E-state index is 12.7. The summed E-state index contributed by atoms with van der Waals surface area (Å²) in [4.78, 5) is 21.5. The summed E-state index contributed by atoms with van der Waals surface area (Å²) < 4.78 is 39.7. The van der Waals surface area contributed by atoms with E-state index in [1.807, 2.05) is 13.8 Å². The number of alkyl halides is 3. The molecular weight excluding hydrogens is 441 g/mol. The molecule has 172 valence electrons. The number of aromatic nitrogens is 4. The molecule has 0 saturated carbocycles. The van der Waals surface area contributed by atoms with Crippen LogP contribution in [-0.2, 0) is 12.7 Å². The van der Waals surface area contributed by atoms with E-state index in [-0.39, 0.29) is 18.2 Å². The Labute approximate surface area is 188 Å². The molecular formula is C21H25F3N6OS. The number of thioether (sulfide) groups is 1. The fraction of sp³-hybridized carbons (Fsp3) is 0.429. The van der Waals surface area contributed by atoms with Gasteiger partial charge in [0.2, 0.25) is 0 Å². The van der Waals surface area contributed by atoms with Gasteiger partial charge in [-0.25, -0.2) is 14.6 Å². The highest BCUT2D eigenvalue weighted by atomic mass is 32.2. The molecule has 2 aromatic heterocycles. The highest BCUT2D eigenvalue weighted by Crippen LogP contribution is 2.29. The smallest absolute Gasteiger partial charge is 0.367 e. The van der Waals surface area contributed by atoms with Crippen molar-refractivity contribution in [3.8, 4) is 0 Å². The van der Waals surface area contributed by atoms with Gasteiger partial charge in [0.25, 0.3) is 5.91 Å². The normalized spacial score (nSPS) is 11.8. The van der Waals surface area contributed by atoms with Crippen LogP contribution in [0.15, 0.2) is 35.6 Å². The number of benzene rings is 1. The van der Waals surface area contributed by atoms with E-state index in [1.54, 1.807) is 22.6 Å². The summed E-state index contributed by atoms with van der Waals surface area (Å²) in [5, 5.41) is 11.9. The first kappa shape index (κ1) is 23.8. The second-order valence-corrected chi connectivity index (χ2v) is 8.50. The molecule has 1 aromatic carbocycles. The number of halogens is 3. The number of rotatable bonds is 9. The maximum absolute atomic E-state index is 12.7. The number of hydrogen-bond donors (Lipinski definition) is 2. The van der Waals surface area contributed by atoms with Crippen LogP contribution in [0, 0.1) is 0 Å². The fourth-order valence-electron chi connectivity index (χ4n) is 2.93. The van der Waals surface area contributed by atoms with Crippen LogP contribution in [0.1, 0.15) is 43.1 Å². The molecule has 32 heavy (non-hydrogen) atoms. The second-order valence-electron chi connectivity index (χ2n) is 7.44. The van der Waals surface area contributed by atoms with E-state index >= 15 is 0 Å². The standard InChI is InChI=1S/C21H25F3N6OS/c1-4-11-32-20-28-17(27-13(2)3)16-12-26-30(18(16)29-20)10-9-25-19(31)14-5-7-15(8-6-14)21(22,23)24/h5-8,12-13H,4,9-11H2,1-3H3,(H,25,31)(H,27,28,29). The Morgan fingerprint density at radius 1 is 1.19 bits per heavy atom. The van der Waals surface area contributed by atoms with Crippen molar-refractivity contribution in [1.29, 1.82) is 0 Å². The molecule has 0 bridgehead atoms. The van der Waals surface area contributed by atoms with E-state index in [9.17, 15) is 18.0 Å². The Morgan fingerprint density at radius 3 is 2.53 bits per heavy atom. The first-order chi connectivity index (χ1) is 15.2. The third-order valence-corrected chi connectivity index (χ3v) is 5.47. The molecule has 3 rings (SSSR count). The molecule has 0 radical (unpaired) electrons. The second kappa shape index (κ2) is 10.2. The van der Waals surface area contributed by atoms with Crippen molar-refractivity contribution in [2.45, 2.75) is 51.1 Å². The average molecular weight is 467 g/mol. The van der Waals surface area contributed by atoms with Gasteiger partial charge in [0, 0.05) is 23.9 Å². The highest BCUT2D eigenvalue weighted by molar-refractivity contribution is 7.99. The minimum Gasteiger partial charge on any atom is -0.367 e. The van der Waals surface area contributed by atoms with Crippen LogP contribution in [-0.4, -0.2) is 44.0 Å². The van der Waals surface area contributed by atoms with Crippen molar-refractivity contribution in [2.24, 2.45) is 0 Å². The predicted octanol–water partition coefficient (Wildman–Crippen LogP) is 4.60. The number of carbonyl (C=O) groups excluding carboxylic acids is 1. The number of anilines is 1. The summed E-state index contributed by atoms with van der Waals surface area (Å²) in [6.07, 6.45) is -1.75. The van der Waals surface area contributed by atoms with Gasteiger partial charge in [0.1, 0.15) is 5.82 Å². The molecule has 0 saturated heterocycles. The molecule has 0 aliphatic rings. The molecule has 0 unspecified atom stereocenters. The molecule has 2 N–H and O–H groups in total. The van der Waals surface area contributed by atoms with Crippen molar-refractivity contribution in [2.75, 3.05) is 17.6 Å². The average Bonchev–Trinajstić information content (AvgIpc) is 3.14. The van der Waals surface area contributed by atoms with Crippen LogP contribution in [0.25, 0.3) is 11.0 Å². The number of hydrogen-bond acceptors (Lipinski definition) is 6. The summed E-state index contributed by atoms with van der Waals surface area (Å²) in [5.41, 5.74) is 0.0251. The largest absolute Gasteiger partial charge is 0.416 e. The van der Waals surface area contributed by atoms with Gasteiger partial charge < -0.3 is 10.6 Å². The molecule has 2 heterocycles. The van der Waals surface area contributed by atoms with Crippen molar-refractivity contribution in [3.63, 3.8) is 0 Å². The highest BCUT2D eigenvalue weighted by Gasteiger charge is 2.30. The van der Waals surface area contributed by atoms with Crippen LogP contribution >= 0.6 is 11.8 Å². The first-order valence-corrected chi connectivity index (χ1v) is 11.3. The monoisotopic (exact) mass is 466 g/mol. The van der Waals surface area contributed by atoms with Gasteiger partial charge in [0.05, 0.1) is 23.7 Å². The van der Waals surface area contributed by atoms with E-state index < -0.39 is 17.6 Å². The molecule has 0 fully saturated rings. The summed E-state index contributed by atoms with van der Waals surface area (Å²) in [7, 11) is 0. The zero-order chi connectivity index (χ0) is 23.3. The SMILES string of the molecule is CCCSc1nc(NC(C)C)c2cnn(CCNC(=O)c3ccc(C(F)(F)F)cc3)c2n1. The minimum absolute atomic E-state index is 0.160. The lowest BCUT2D eigenvalue weighted by Gasteiger charge is -2.12. The van der Waals surface area contributed by atoms with Crippen molar-refractivity contribution in [3.05, 3.63) is 41.6 Å².